The fourth-order valence-electron chi connectivity index (χ4n) is 3.79. The van der Waals surface area contributed by atoms with Crippen LogP contribution < -0.4 is 5.32 Å². The minimum absolute atomic E-state index is 0.301. The maximum Gasteiger partial charge on any atom is 0.268 e. The van der Waals surface area contributed by atoms with Crippen molar-refractivity contribution in [3.05, 3.63) is 70.8 Å². The van der Waals surface area contributed by atoms with E-state index < -0.39 is 11.9 Å². The zero-order valence-electron chi connectivity index (χ0n) is 17.9. The van der Waals surface area contributed by atoms with Crippen LogP contribution in [-0.4, -0.2) is 65.9 Å². The molecule has 2 N–H and O–H groups in total. The van der Waals surface area contributed by atoms with Crippen molar-refractivity contribution in [1.29, 1.82) is 0 Å². The third-order valence-electron chi connectivity index (χ3n) is 5.68. The van der Waals surface area contributed by atoms with Crippen molar-refractivity contribution in [3.63, 3.8) is 0 Å². The van der Waals surface area contributed by atoms with E-state index in [1.165, 1.54) is 5.56 Å². The number of rotatable bonds is 4. The second-order valence-electron chi connectivity index (χ2n) is 8.04. The van der Waals surface area contributed by atoms with Crippen molar-refractivity contribution in [1.82, 2.24) is 15.3 Å². The van der Waals surface area contributed by atoms with Crippen LogP contribution in [0.4, 0.5) is 0 Å². The van der Waals surface area contributed by atoms with Crippen molar-refractivity contribution < 1.29 is 19.5 Å². The van der Waals surface area contributed by atoms with Crippen LogP contribution in [0.2, 0.25) is 0 Å². The number of carbonyl (C=O) groups excluding carboxylic acids is 2. The molecule has 2 aliphatic heterocycles. The number of morpholine rings is 1. The molecule has 4 rings (SSSR count). The number of hydrogen-bond donors (Lipinski definition) is 2. The highest BCUT2D eigenvalue weighted by atomic mass is 16.5. The fraction of sp³-hybridized carbons (Fsp3) is 0.360. The Kier molecular flexibility index (Phi) is 7.17. The molecule has 2 aliphatic rings. The molecular weight excluding hydrogens is 406 g/mol. The number of ether oxygens (including phenoxy) is 1. The molecule has 0 bridgehead atoms. The lowest BCUT2D eigenvalue weighted by atomic mass is 10.1. The van der Waals surface area contributed by atoms with Crippen molar-refractivity contribution in [2.75, 3.05) is 32.8 Å². The van der Waals surface area contributed by atoms with Gasteiger partial charge in [0, 0.05) is 42.9 Å². The van der Waals surface area contributed by atoms with Crippen LogP contribution in [0.5, 0.6) is 0 Å². The molecule has 7 heteroatoms. The van der Waals surface area contributed by atoms with Gasteiger partial charge in [-0.15, -0.1) is 0 Å². The predicted molar refractivity (Wildman–Crippen MR) is 119 cm³/mol. The molecule has 166 valence electrons. The van der Waals surface area contributed by atoms with E-state index in [1.807, 2.05) is 12.1 Å². The molecule has 0 spiro atoms. The van der Waals surface area contributed by atoms with Crippen LogP contribution in [-0.2, 0) is 16.1 Å². The maximum atomic E-state index is 12.4. The number of amides is 2. The number of benzene rings is 2. The van der Waals surface area contributed by atoms with Gasteiger partial charge in [0.2, 0.25) is 0 Å². The van der Waals surface area contributed by atoms with E-state index >= 15 is 0 Å². The summed E-state index contributed by atoms with van der Waals surface area (Å²) >= 11 is 0. The molecule has 2 amide bonds. The molecule has 2 aromatic rings. The van der Waals surface area contributed by atoms with Crippen molar-refractivity contribution in [2.24, 2.45) is 0 Å². The molecule has 0 aromatic heterocycles. The molecule has 7 nitrogen and oxygen atoms in total. The first-order valence-corrected chi connectivity index (χ1v) is 10.9. The van der Waals surface area contributed by atoms with Crippen LogP contribution in [0.15, 0.2) is 48.5 Å². The second-order valence-corrected chi connectivity index (χ2v) is 8.04. The fourth-order valence-corrected chi connectivity index (χ4v) is 3.79. The Morgan fingerprint density at radius 3 is 2.28 bits per heavy atom. The summed E-state index contributed by atoms with van der Waals surface area (Å²) in [5, 5.41) is 12.9. The third-order valence-corrected chi connectivity index (χ3v) is 5.68. The number of hydrogen-bond acceptors (Lipinski definition) is 5. The summed E-state index contributed by atoms with van der Waals surface area (Å²) < 4.78 is 5.39. The molecule has 1 atom stereocenters. The Balaban J connectivity index is 1.32. The maximum absolute atomic E-state index is 12.4. The average Bonchev–Trinajstić information content (AvgIpc) is 2.82. The van der Waals surface area contributed by atoms with Gasteiger partial charge in [0.1, 0.15) is 6.04 Å². The van der Waals surface area contributed by atoms with E-state index in [2.05, 4.69) is 34.2 Å². The van der Waals surface area contributed by atoms with Gasteiger partial charge in [-0.25, -0.2) is 5.06 Å². The SMILES string of the molecule is O=C(NC1CCCN(O)C1=O)c1ccc(C#Cc2ccc(CN3CCOCC3)cc2)cc1. The third kappa shape index (κ3) is 5.74. The van der Waals surface area contributed by atoms with Gasteiger partial charge in [-0.3, -0.25) is 19.7 Å². The summed E-state index contributed by atoms with van der Waals surface area (Å²) in [7, 11) is 0. The molecule has 0 saturated carbocycles. The number of hydroxylamine groups is 2. The summed E-state index contributed by atoms with van der Waals surface area (Å²) in [6, 6.07) is 14.5. The molecule has 0 aliphatic carbocycles. The largest absolute Gasteiger partial charge is 0.379 e. The van der Waals surface area contributed by atoms with Crippen LogP contribution >= 0.6 is 0 Å². The van der Waals surface area contributed by atoms with E-state index in [9.17, 15) is 14.8 Å². The van der Waals surface area contributed by atoms with Crippen molar-refractivity contribution >= 4 is 11.8 Å². The second kappa shape index (κ2) is 10.4. The first kappa shape index (κ1) is 22.0. The first-order chi connectivity index (χ1) is 15.6. The first-order valence-electron chi connectivity index (χ1n) is 10.9. The topological polar surface area (TPSA) is 82.1 Å². The highest BCUT2D eigenvalue weighted by molar-refractivity contribution is 5.97. The highest BCUT2D eigenvalue weighted by Crippen LogP contribution is 2.12. The minimum Gasteiger partial charge on any atom is -0.379 e. The highest BCUT2D eigenvalue weighted by Gasteiger charge is 2.29. The van der Waals surface area contributed by atoms with Gasteiger partial charge in [-0.1, -0.05) is 24.0 Å². The summed E-state index contributed by atoms with van der Waals surface area (Å²) in [6.07, 6.45) is 1.17. The number of nitrogens with zero attached hydrogens (tertiary/aromatic N) is 2. The molecule has 1 unspecified atom stereocenters. The van der Waals surface area contributed by atoms with Gasteiger partial charge in [0.05, 0.1) is 13.2 Å². The zero-order chi connectivity index (χ0) is 22.3. The average molecular weight is 434 g/mol. The lowest BCUT2D eigenvalue weighted by Gasteiger charge is -2.27. The summed E-state index contributed by atoms with van der Waals surface area (Å²) in [4.78, 5) is 26.7. The normalized spacial score (nSPS) is 19.2. The Hall–Kier alpha value is -3.18. The summed E-state index contributed by atoms with van der Waals surface area (Å²) in [5.41, 5.74) is 3.44. The van der Waals surface area contributed by atoms with Gasteiger partial charge in [0.25, 0.3) is 11.8 Å². The minimum atomic E-state index is -0.688. The lowest BCUT2D eigenvalue weighted by molar-refractivity contribution is -0.172. The van der Waals surface area contributed by atoms with Crippen LogP contribution in [0, 0.1) is 11.8 Å². The molecule has 2 aromatic carbocycles. The standard InChI is InChI=1S/C25H27N3O4/c29-24(26-23-2-1-13-28(31)25(23)30)22-11-9-20(10-12-22)4-3-19-5-7-21(8-6-19)18-27-14-16-32-17-15-27/h5-12,23,31H,1-2,13-18H2,(H,26,29). The van der Waals surface area contributed by atoms with Gasteiger partial charge in [-0.05, 0) is 54.8 Å². The number of piperidine rings is 1. The predicted octanol–water partition coefficient (Wildman–Crippen LogP) is 2.03. The van der Waals surface area contributed by atoms with E-state index in [4.69, 9.17) is 4.74 Å². The Labute approximate surface area is 187 Å². The van der Waals surface area contributed by atoms with E-state index in [0.717, 1.165) is 44.0 Å². The Morgan fingerprint density at radius 1 is 1.00 bits per heavy atom. The van der Waals surface area contributed by atoms with Gasteiger partial charge in [-0.2, -0.15) is 0 Å². The summed E-state index contributed by atoms with van der Waals surface area (Å²) in [6.45, 7) is 4.74. The van der Waals surface area contributed by atoms with E-state index in [-0.39, 0.29) is 5.91 Å². The quantitative estimate of drug-likeness (QED) is 0.570. The smallest absolute Gasteiger partial charge is 0.268 e. The molecule has 2 saturated heterocycles. The van der Waals surface area contributed by atoms with E-state index in [0.29, 0.717) is 30.0 Å². The van der Waals surface area contributed by atoms with Crippen molar-refractivity contribution in [2.45, 2.75) is 25.4 Å². The number of nitrogens with one attached hydrogen (secondary N) is 1. The molecule has 2 heterocycles. The van der Waals surface area contributed by atoms with Crippen LogP contribution in [0.1, 0.15) is 39.9 Å². The van der Waals surface area contributed by atoms with Crippen LogP contribution in [0.3, 0.4) is 0 Å². The summed E-state index contributed by atoms with van der Waals surface area (Å²) in [5.74, 6) is 5.47. The van der Waals surface area contributed by atoms with Gasteiger partial charge in [0.15, 0.2) is 0 Å². The molecule has 32 heavy (non-hydrogen) atoms. The monoisotopic (exact) mass is 433 g/mol. The van der Waals surface area contributed by atoms with Crippen molar-refractivity contribution in [3.8, 4) is 11.8 Å². The molecular formula is C25H27N3O4. The Bertz CT molecular complexity index is 1000. The van der Waals surface area contributed by atoms with E-state index in [1.54, 1.807) is 24.3 Å². The van der Waals surface area contributed by atoms with Gasteiger partial charge >= 0.3 is 0 Å². The Morgan fingerprint density at radius 2 is 1.62 bits per heavy atom. The molecule has 0 radical (unpaired) electrons. The zero-order valence-corrected chi connectivity index (χ0v) is 17.9. The lowest BCUT2D eigenvalue weighted by Crippen LogP contribution is -2.51. The van der Waals surface area contributed by atoms with Gasteiger partial charge < -0.3 is 10.1 Å². The van der Waals surface area contributed by atoms with Crippen LogP contribution in [0.25, 0.3) is 0 Å². The number of carbonyl (C=O) groups is 2. The molecule has 2 fully saturated rings.